The van der Waals surface area contributed by atoms with Crippen molar-refractivity contribution in [3.05, 3.63) is 83.9 Å². The molecule has 1 N–H and O–H groups in total. The van der Waals surface area contributed by atoms with E-state index in [-0.39, 0.29) is 11.2 Å². The van der Waals surface area contributed by atoms with E-state index < -0.39 is 0 Å². The van der Waals surface area contributed by atoms with Gasteiger partial charge in [0.15, 0.2) is 0 Å². The van der Waals surface area contributed by atoms with Crippen molar-refractivity contribution in [3.8, 4) is 5.69 Å². The van der Waals surface area contributed by atoms with Gasteiger partial charge in [-0.3, -0.25) is 4.79 Å². The Bertz CT molecular complexity index is 843. The first-order valence-electron chi connectivity index (χ1n) is 8.66. The van der Waals surface area contributed by atoms with E-state index in [0.717, 1.165) is 22.8 Å². The predicted molar refractivity (Wildman–Crippen MR) is 107 cm³/mol. The molecule has 0 unspecified atom stereocenters. The van der Waals surface area contributed by atoms with Crippen LogP contribution in [0.2, 0.25) is 0 Å². The number of thioether (sulfide) groups is 1. The summed E-state index contributed by atoms with van der Waals surface area (Å²) in [7, 11) is 0. The summed E-state index contributed by atoms with van der Waals surface area (Å²) in [5, 5.41) is 2.94. The largest absolute Gasteiger partial charge is 0.351 e. The highest BCUT2D eigenvalue weighted by Crippen LogP contribution is 2.18. The molecule has 0 aliphatic carbocycles. The molecule has 26 heavy (non-hydrogen) atoms. The third-order valence-corrected chi connectivity index (χ3v) is 5.43. The van der Waals surface area contributed by atoms with Crippen molar-refractivity contribution in [2.75, 3.05) is 0 Å². The number of carbonyl (C=O) groups is 1. The normalized spacial score (nSPS) is 11.9. The minimum atomic E-state index is -0.0805. The molecule has 0 aliphatic rings. The fourth-order valence-corrected chi connectivity index (χ4v) is 3.50. The lowest BCUT2D eigenvalue weighted by atomic mass is 10.2. The Hall–Kier alpha value is -2.53. The van der Waals surface area contributed by atoms with Crippen LogP contribution in [0.1, 0.15) is 23.9 Å². The molecule has 0 aliphatic heterocycles. The number of amides is 1. The molecule has 0 radical (unpaired) electrons. The SMILES string of the molecule is Cc1nccn1-c1ccc(CNC(=O)[C@@H](C)SCc2ccccc2)cc1. The van der Waals surface area contributed by atoms with E-state index in [1.54, 1.807) is 18.0 Å². The minimum Gasteiger partial charge on any atom is -0.351 e. The molecule has 3 aromatic rings. The van der Waals surface area contributed by atoms with E-state index in [1.807, 2.05) is 67.1 Å². The molecule has 5 heteroatoms. The summed E-state index contributed by atoms with van der Waals surface area (Å²) >= 11 is 1.65. The first-order chi connectivity index (χ1) is 12.6. The van der Waals surface area contributed by atoms with Gasteiger partial charge in [-0.05, 0) is 37.1 Å². The Labute approximate surface area is 158 Å². The maximum absolute atomic E-state index is 12.3. The molecule has 0 spiro atoms. The van der Waals surface area contributed by atoms with Gasteiger partial charge in [0.1, 0.15) is 5.82 Å². The van der Waals surface area contributed by atoms with Crippen molar-refractivity contribution in [2.45, 2.75) is 31.4 Å². The second-order valence-electron chi connectivity index (χ2n) is 6.17. The van der Waals surface area contributed by atoms with Gasteiger partial charge < -0.3 is 9.88 Å². The summed E-state index contributed by atoms with van der Waals surface area (Å²) < 4.78 is 2.03. The highest BCUT2D eigenvalue weighted by Gasteiger charge is 2.13. The van der Waals surface area contributed by atoms with E-state index in [4.69, 9.17) is 0 Å². The summed E-state index contributed by atoms with van der Waals surface area (Å²) in [4.78, 5) is 16.5. The zero-order valence-electron chi connectivity index (χ0n) is 15.1. The van der Waals surface area contributed by atoms with Gasteiger partial charge in [-0.15, -0.1) is 11.8 Å². The number of nitrogens with zero attached hydrogens (tertiary/aromatic N) is 2. The Morgan fingerprint density at radius 3 is 2.50 bits per heavy atom. The molecule has 1 atom stereocenters. The minimum absolute atomic E-state index is 0.0699. The van der Waals surface area contributed by atoms with E-state index >= 15 is 0 Å². The number of imidazole rings is 1. The third-order valence-electron chi connectivity index (χ3n) is 4.22. The van der Waals surface area contributed by atoms with E-state index in [0.29, 0.717) is 6.54 Å². The number of hydrogen-bond acceptors (Lipinski definition) is 3. The van der Waals surface area contributed by atoms with Crippen LogP contribution >= 0.6 is 11.8 Å². The molecular weight excluding hydrogens is 342 g/mol. The predicted octanol–water partition coefficient (Wildman–Crippen LogP) is 4.12. The van der Waals surface area contributed by atoms with Crippen molar-refractivity contribution in [3.63, 3.8) is 0 Å². The van der Waals surface area contributed by atoms with Gasteiger partial charge in [0, 0.05) is 30.4 Å². The van der Waals surface area contributed by atoms with Crippen molar-refractivity contribution in [1.82, 2.24) is 14.9 Å². The number of benzene rings is 2. The second kappa shape index (κ2) is 8.72. The molecule has 2 aromatic carbocycles. The summed E-state index contributed by atoms with van der Waals surface area (Å²) in [6.07, 6.45) is 3.73. The zero-order chi connectivity index (χ0) is 18.4. The molecular formula is C21H23N3OS. The Morgan fingerprint density at radius 2 is 1.85 bits per heavy atom. The van der Waals surface area contributed by atoms with Crippen LogP contribution in [-0.2, 0) is 17.1 Å². The summed E-state index contributed by atoms with van der Waals surface area (Å²) in [6, 6.07) is 18.4. The highest BCUT2D eigenvalue weighted by molar-refractivity contribution is 7.99. The lowest BCUT2D eigenvalue weighted by Gasteiger charge is -2.12. The van der Waals surface area contributed by atoms with Crippen molar-refractivity contribution in [2.24, 2.45) is 0 Å². The van der Waals surface area contributed by atoms with Crippen LogP contribution in [0.15, 0.2) is 67.0 Å². The van der Waals surface area contributed by atoms with Crippen LogP contribution in [0.3, 0.4) is 0 Å². The first-order valence-corrected chi connectivity index (χ1v) is 9.71. The topological polar surface area (TPSA) is 46.9 Å². The van der Waals surface area contributed by atoms with Crippen LogP contribution in [0, 0.1) is 6.92 Å². The smallest absolute Gasteiger partial charge is 0.233 e. The van der Waals surface area contributed by atoms with Gasteiger partial charge in [-0.25, -0.2) is 4.98 Å². The average Bonchev–Trinajstić information content (AvgIpc) is 3.11. The second-order valence-corrected chi connectivity index (χ2v) is 7.50. The van der Waals surface area contributed by atoms with E-state index in [2.05, 4.69) is 22.4 Å². The maximum atomic E-state index is 12.3. The molecule has 0 saturated heterocycles. The molecule has 1 aromatic heterocycles. The molecule has 1 heterocycles. The molecule has 0 saturated carbocycles. The third kappa shape index (κ3) is 4.76. The van der Waals surface area contributed by atoms with Crippen LogP contribution in [0.4, 0.5) is 0 Å². The van der Waals surface area contributed by atoms with E-state index in [9.17, 15) is 4.79 Å². The summed E-state index contributed by atoms with van der Waals surface area (Å²) in [5.74, 6) is 1.87. The van der Waals surface area contributed by atoms with Crippen molar-refractivity contribution < 1.29 is 4.79 Å². The van der Waals surface area contributed by atoms with Crippen LogP contribution in [0.25, 0.3) is 5.69 Å². The molecule has 0 fully saturated rings. The number of rotatable bonds is 7. The van der Waals surface area contributed by atoms with Gasteiger partial charge >= 0.3 is 0 Å². The monoisotopic (exact) mass is 365 g/mol. The average molecular weight is 366 g/mol. The lowest BCUT2D eigenvalue weighted by Crippen LogP contribution is -2.30. The molecule has 134 valence electrons. The van der Waals surface area contributed by atoms with E-state index in [1.165, 1.54) is 5.56 Å². The lowest BCUT2D eigenvalue weighted by molar-refractivity contribution is -0.120. The Balaban J connectivity index is 1.48. The zero-order valence-corrected chi connectivity index (χ0v) is 15.9. The molecule has 4 nitrogen and oxygen atoms in total. The number of aryl methyl sites for hydroxylation is 1. The highest BCUT2D eigenvalue weighted by atomic mass is 32.2. The van der Waals surface area contributed by atoms with Gasteiger partial charge in [0.05, 0.1) is 5.25 Å². The van der Waals surface area contributed by atoms with Crippen LogP contribution < -0.4 is 5.32 Å². The quantitative estimate of drug-likeness (QED) is 0.685. The van der Waals surface area contributed by atoms with Crippen molar-refractivity contribution in [1.29, 1.82) is 0 Å². The fourth-order valence-electron chi connectivity index (χ4n) is 2.63. The molecule has 1 amide bonds. The number of hydrogen-bond donors (Lipinski definition) is 1. The standard InChI is InChI=1S/C21H23N3OS/c1-16(26-15-19-6-4-3-5-7-19)21(25)23-14-18-8-10-20(11-9-18)24-13-12-22-17(24)2/h3-13,16H,14-15H2,1-2H3,(H,23,25)/t16-/m1/s1. The number of carbonyl (C=O) groups excluding carboxylic acids is 1. The molecule has 3 rings (SSSR count). The Kier molecular flexibility index (Phi) is 6.12. The number of nitrogens with one attached hydrogen (secondary N) is 1. The van der Waals surface area contributed by atoms with Gasteiger partial charge in [-0.1, -0.05) is 42.5 Å². The van der Waals surface area contributed by atoms with Gasteiger partial charge in [0.25, 0.3) is 0 Å². The number of aromatic nitrogens is 2. The summed E-state index contributed by atoms with van der Waals surface area (Å²) in [5.41, 5.74) is 3.39. The summed E-state index contributed by atoms with van der Waals surface area (Å²) in [6.45, 7) is 4.47. The van der Waals surface area contributed by atoms with Crippen LogP contribution in [0.5, 0.6) is 0 Å². The van der Waals surface area contributed by atoms with Gasteiger partial charge in [-0.2, -0.15) is 0 Å². The Morgan fingerprint density at radius 1 is 1.12 bits per heavy atom. The first kappa shape index (κ1) is 18.3. The van der Waals surface area contributed by atoms with Crippen molar-refractivity contribution >= 4 is 17.7 Å². The van der Waals surface area contributed by atoms with Gasteiger partial charge in [0.2, 0.25) is 5.91 Å². The van der Waals surface area contributed by atoms with Crippen LogP contribution in [-0.4, -0.2) is 20.7 Å². The maximum Gasteiger partial charge on any atom is 0.233 e. The fraction of sp³-hybridized carbons (Fsp3) is 0.238. The molecule has 0 bridgehead atoms.